The van der Waals surface area contributed by atoms with Gasteiger partial charge in [-0.05, 0) is 42.0 Å². The molecule has 0 saturated heterocycles. The van der Waals surface area contributed by atoms with E-state index in [9.17, 15) is 17.6 Å². The highest BCUT2D eigenvalue weighted by Crippen LogP contribution is 2.31. The van der Waals surface area contributed by atoms with Crippen LogP contribution in [-0.2, 0) is 34.1 Å². The molecule has 1 aliphatic heterocycles. The summed E-state index contributed by atoms with van der Waals surface area (Å²) in [4.78, 5) is 23.6. The summed E-state index contributed by atoms with van der Waals surface area (Å²) in [5.74, 6) is -1.06. The van der Waals surface area contributed by atoms with Gasteiger partial charge in [-0.2, -0.15) is 0 Å². The summed E-state index contributed by atoms with van der Waals surface area (Å²) >= 11 is 6.08. The summed E-state index contributed by atoms with van der Waals surface area (Å²) in [5.41, 5.74) is 9.01. The molecular weight excluding hydrogens is 519 g/mol. The Labute approximate surface area is 217 Å². The van der Waals surface area contributed by atoms with Crippen LogP contribution in [0.3, 0.4) is 0 Å². The zero-order valence-electron chi connectivity index (χ0n) is 19.7. The summed E-state index contributed by atoms with van der Waals surface area (Å²) in [6.45, 7) is 0.855. The van der Waals surface area contributed by atoms with Crippen molar-refractivity contribution in [3.05, 3.63) is 88.0 Å². The van der Waals surface area contributed by atoms with Crippen LogP contribution in [0, 0.1) is 5.82 Å². The van der Waals surface area contributed by atoms with E-state index in [1.807, 2.05) is 0 Å². The van der Waals surface area contributed by atoms with Crippen molar-refractivity contribution in [3.8, 4) is 0 Å². The number of amides is 1. The molecule has 0 bridgehead atoms. The first-order chi connectivity index (χ1) is 17.6. The molecule has 0 fully saturated rings. The molecule has 5 rings (SSSR count). The first-order valence-electron chi connectivity index (χ1n) is 11.3. The van der Waals surface area contributed by atoms with Crippen LogP contribution < -0.4 is 10.6 Å². The minimum absolute atomic E-state index is 0.0271. The summed E-state index contributed by atoms with van der Waals surface area (Å²) in [7, 11) is -3.88. The largest absolute Gasteiger partial charge is 0.382 e. The molecule has 0 aliphatic carbocycles. The molecule has 0 saturated carbocycles. The van der Waals surface area contributed by atoms with Crippen molar-refractivity contribution in [2.45, 2.75) is 24.5 Å². The Hall–Kier alpha value is -3.60. The SMILES string of the molecule is CS(=O)(=O)c1cc(F)ccc1N(Cc1ccc2cc(Cl)c(N)nc2c1)C(=O)c1cnc2c(c1)COCC2. The Kier molecular flexibility index (Phi) is 6.57. The van der Waals surface area contributed by atoms with E-state index in [4.69, 9.17) is 22.1 Å². The highest BCUT2D eigenvalue weighted by Gasteiger charge is 2.26. The predicted octanol–water partition coefficient (Wildman–Crippen LogP) is 4.33. The Morgan fingerprint density at radius 2 is 2.00 bits per heavy atom. The molecule has 0 atom stereocenters. The number of benzene rings is 2. The van der Waals surface area contributed by atoms with Gasteiger partial charge in [-0.25, -0.2) is 17.8 Å². The summed E-state index contributed by atoms with van der Waals surface area (Å²) < 4.78 is 44.8. The Balaban J connectivity index is 1.62. The number of fused-ring (bicyclic) bond motifs is 2. The first-order valence-corrected chi connectivity index (χ1v) is 13.6. The minimum atomic E-state index is -3.88. The number of anilines is 2. The van der Waals surface area contributed by atoms with Gasteiger partial charge in [0.05, 0.1) is 46.4 Å². The maximum absolute atomic E-state index is 14.1. The molecule has 1 amide bonds. The molecule has 2 N–H and O–H groups in total. The van der Waals surface area contributed by atoms with Crippen molar-refractivity contribution in [1.82, 2.24) is 9.97 Å². The fourth-order valence-corrected chi connectivity index (χ4v) is 5.31. The van der Waals surface area contributed by atoms with Gasteiger partial charge in [0.1, 0.15) is 11.6 Å². The van der Waals surface area contributed by atoms with Gasteiger partial charge in [-0.3, -0.25) is 9.78 Å². The van der Waals surface area contributed by atoms with Crippen molar-refractivity contribution in [1.29, 1.82) is 0 Å². The average molecular weight is 541 g/mol. The van der Waals surface area contributed by atoms with Crippen LogP contribution in [-0.4, -0.2) is 37.2 Å². The zero-order valence-corrected chi connectivity index (χ0v) is 21.3. The number of carbonyl (C=O) groups excluding carboxylic acids is 1. The van der Waals surface area contributed by atoms with Gasteiger partial charge in [0.15, 0.2) is 9.84 Å². The molecule has 2 aromatic heterocycles. The molecule has 2 aromatic carbocycles. The summed E-state index contributed by atoms with van der Waals surface area (Å²) in [6, 6.07) is 12.0. The number of hydrogen-bond donors (Lipinski definition) is 1. The second-order valence-electron chi connectivity index (χ2n) is 8.79. The van der Waals surface area contributed by atoms with Crippen LogP contribution in [0.5, 0.6) is 0 Å². The van der Waals surface area contributed by atoms with Crippen LogP contribution in [0.15, 0.2) is 59.6 Å². The number of carbonyl (C=O) groups is 1. The normalized spacial score (nSPS) is 13.4. The highest BCUT2D eigenvalue weighted by molar-refractivity contribution is 7.90. The average Bonchev–Trinajstić information content (AvgIpc) is 2.87. The van der Waals surface area contributed by atoms with Crippen molar-refractivity contribution in [3.63, 3.8) is 0 Å². The molecule has 0 spiro atoms. The molecule has 190 valence electrons. The number of nitrogens with zero attached hydrogens (tertiary/aromatic N) is 3. The van der Waals surface area contributed by atoms with Crippen LogP contribution in [0.2, 0.25) is 5.02 Å². The number of nitrogen functional groups attached to an aromatic ring is 1. The van der Waals surface area contributed by atoms with E-state index in [0.717, 1.165) is 35.0 Å². The highest BCUT2D eigenvalue weighted by atomic mass is 35.5. The molecule has 4 aromatic rings. The Morgan fingerprint density at radius 1 is 1.19 bits per heavy atom. The molecular formula is C26H22ClFN4O4S. The van der Waals surface area contributed by atoms with E-state index in [2.05, 4.69) is 9.97 Å². The van der Waals surface area contributed by atoms with Crippen molar-refractivity contribution in [2.24, 2.45) is 0 Å². The maximum Gasteiger partial charge on any atom is 0.260 e. The maximum atomic E-state index is 14.1. The lowest BCUT2D eigenvalue weighted by molar-refractivity contribution is 0.0980. The third-order valence-corrected chi connectivity index (χ3v) is 7.54. The number of aromatic nitrogens is 2. The number of pyridine rings is 2. The standard InChI is InChI=1S/C26H22ClFN4O4S/c1-37(34,35)24-11-19(28)4-5-23(24)32(26(33)17-9-18-14-36-7-6-21(18)30-12-17)13-15-2-3-16-10-20(27)25(29)31-22(16)8-15/h2-5,8-12H,6-7,13-14H2,1H3,(H2,29,31). The molecule has 0 radical (unpaired) electrons. The number of nitrogens with two attached hydrogens (primary N) is 1. The monoisotopic (exact) mass is 540 g/mol. The Morgan fingerprint density at radius 3 is 2.78 bits per heavy atom. The lowest BCUT2D eigenvalue weighted by atomic mass is 10.1. The fraction of sp³-hybridized carbons (Fsp3) is 0.192. The lowest BCUT2D eigenvalue weighted by Gasteiger charge is -2.26. The first kappa shape index (κ1) is 25.1. The van der Waals surface area contributed by atoms with E-state index < -0.39 is 21.6 Å². The third kappa shape index (κ3) is 5.13. The van der Waals surface area contributed by atoms with Gasteiger partial charge < -0.3 is 15.4 Å². The molecule has 37 heavy (non-hydrogen) atoms. The van der Waals surface area contributed by atoms with Gasteiger partial charge in [-0.1, -0.05) is 23.7 Å². The van der Waals surface area contributed by atoms with Crippen LogP contribution in [0.25, 0.3) is 10.9 Å². The second-order valence-corrected chi connectivity index (χ2v) is 11.2. The van der Waals surface area contributed by atoms with E-state index in [1.165, 1.54) is 17.2 Å². The lowest BCUT2D eigenvalue weighted by Crippen LogP contribution is -2.32. The minimum Gasteiger partial charge on any atom is -0.382 e. The number of hydrogen-bond acceptors (Lipinski definition) is 7. The van der Waals surface area contributed by atoms with Gasteiger partial charge in [0.2, 0.25) is 0 Å². The van der Waals surface area contributed by atoms with Crippen LogP contribution in [0.4, 0.5) is 15.9 Å². The summed E-state index contributed by atoms with van der Waals surface area (Å²) in [5, 5.41) is 1.07. The van der Waals surface area contributed by atoms with Crippen LogP contribution >= 0.6 is 11.6 Å². The topological polar surface area (TPSA) is 115 Å². The van der Waals surface area contributed by atoms with Crippen molar-refractivity contribution >= 4 is 49.8 Å². The molecule has 11 heteroatoms. The number of ether oxygens (including phenoxy) is 1. The van der Waals surface area contributed by atoms with E-state index in [0.29, 0.717) is 35.7 Å². The van der Waals surface area contributed by atoms with Crippen molar-refractivity contribution < 1.29 is 22.3 Å². The van der Waals surface area contributed by atoms with Gasteiger partial charge in [0, 0.05) is 35.5 Å². The number of sulfone groups is 1. The number of halogens is 2. The van der Waals surface area contributed by atoms with E-state index in [1.54, 1.807) is 30.3 Å². The van der Waals surface area contributed by atoms with Gasteiger partial charge in [0.25, 0.3) is 5.91 Å². The van der Waals surface area contributed by atoms with E-state index in [-0.39, 0.29) is 28.5 Å². The molecule has 1 aliphatic rings. The Bertz CT molecular complexity index is 1660. The predicted molar refractivity (Wildman–Crippen MR) is 139 cm³/mol. The quantitative estimate of drug-likeness (QED) is 0.400. The second kappa shape index (κ2) is 9.70. The van der Waals surface area contributed by atoms with Crippen molar-refractivity contribution in [2.75, 3.05) is 23.5 Å². The summed E-state index contributed by atoms with van der Waals surface area (Å²) in [6.07, 6.45) is 3.08. The smallest absolute Gasteiger partial charge is 0.260 e. The van der Waals surface area contributed by atoms with Crippen LogP contribution in [0.1, 0.15) is 27.2 Å². The third-order valence-electron chi connectivity index (χ3n) is 6.11. The van der Waals surface area contributed by atoms with Gasteiger partial charge in [-0.15, -0.1) is 0 Å². The van der Waals surface area contributed by atoms with E-state index >= 15 is 0 Å². The molecule has 3 heterocycles. The van der Waals surface area contributed by atoms with Gasteiger partial charge >= 0.3 is 0 Å². The zero-order chi connectivity index (χ0) is 26.3. The molecule has 0 unspecified atom stereocenters. The molecule has 8 nitrogen and oxygen atoms in total. The fourth-order valence-electron chi connectivity index (χ4n) is 4.27. The number of rotatable bonds is 5.